The first kappa shape index (κ1) is 12.1. The molecule has 5 nitrogen and oxygen atoms in total. The van der Waals surface area contributed by atoms with Gasteiger partial charge in [0, 0.05) is 5.92 Å². The van der Waals surface area contributed by atoms with Crippen molar-refractivity contribution in [2.75, 3.05) is 5.73 Å². The van der Waals surface area contributed by atoms with E-state index in [0.29, 0.717) is 11.7 Å². The number of nitrogens with zero attached hydrogens (tertiary/aromatic N) is 2. The van der Waals surface area contributed by atoms with Crippen LogP contribution in [0.15, 0.2) is 0 Å². The van der Waals surface area contributed by atoms with Crippen LogP contribution in [-0.2, 0) is 4.74 Å². The highest BCUT2D eigenvalue weighted by molar-refractivity contribution is 6.35. The van der Waals surface area contributed by atoms with E-state index in [9.17, 15) is 4.79 Å². The lowest BCUT2D eigenvalue weighted by molar-refractivity contribution is 0.0370. The summed E-state index contributed by atoms with van der Waals surface area (Å²) in [5.74, 6) is 0.475. The summed E-state index contributed by atoms with van der Waals surface area (Å²) in [6.07, 6.45) is 1.83. The van der Waals surface area contributed by atoms with Crippen LogP contribution in [0.3, 0.4) is 0 Å². The van der Waals surface area contributed by atoms with Crippen molar-refractivity contribution in [2.24, 2.45) is 0 Å². The molecular weight excluding hydrogens is 242 g/mol. The van der Waals surface area contributed by atoms with E-state index >= 15 is 0 Å². The van der Waals surface area contributed by atoms with E-state index in [2.05, 4.69) is 9.97 Å². The minimum Gasteiger partial charge on any atom is -0.458 e. The summed E-state index contributed by atoms with van der Waals surface area (Å²) in [5, 5.41) is 0.0695. The number of esters is 1. The lowest BCUT2D eigenvalue weighted by Gasteiger charge is -2.10. The first-order valence-electron chi connectivity index (χ1n) is 5.53. The predicted octanol–water partition coefficient (Wildman–Crippen LogP) is 2.15. The zero-order chi connectivity index (χ0) is 12.6. The minimum atomic E-state index is -0.555. The van der Waals surface area contributed by atoms with Crippen molar-refractivity contribution >= 4 is 23.4 Å². The maximum Gasteiger partial charge on any atom is 0.358 e. The number of carbonyl (C=O) groups is 1. The molecule has 92 valence electrons. The summed E-state index contributed by atoms with van der Waals surface area (Å²) < 4.78 is 5.06. The van der Waals surface area contributed by atoms with Crippen molar-refractivity contribution in [2.45, 2.75) is 38.7 Å². The summed E-state index contributed by atoms with van der Waals surface area (Å²) >= 11 is 5.92. The van der Waals surface area contributed by atoms with Crippen LogP contribution < -0.4 is 5.73 Å². The molecule has 6 heteroatoms. The van der Waals surface area contributed by atoms with Gasteiger partial charge in [0.2, 0.25) is 0 Å². The van der Waals surface area contributed by atoms with Gasteiger partial charge >= 0.3 is 5.97 Å². The Balaban J connectivity index is 2.34. The third-order valence-corrected chi connectivity index (χ3v) is 2.75. The summed E-state index contributed by atoms with van der Waals surface area (Å²) in [6, 6.07) is 0. The number of aromatic nitrogens is 2. The molecule has 1 aliphatic carbocycles. The molecule has 0 amide bonds. The fourth-order valence-electron chi connectivity index (χ4n) is 1.41. The Morgan fingerprint density at radius 2 is 2.12 bits per heavy atom. The molecule has 1 aromatic rings. The van der Waals surface area contributed by atoms with Gasteiger partial charge in [-0.2, -0.15) is 0 Å². The van der Waals surface area contributed by atoms with Gasteiger partial charge in [-0.05, 0) is 26.7 Å². The molecule has 1 saturated carbocycles. The van der Waals surface area contributed by atoms with E-state index < -0.39 is 5.97 Å². The minimum absolute atomic E-state index is 0.0646. The van der Waals surface area contributed by atoms with E-state index in [0.717, 1.165) is 12.8 Å². The van der Waals surface area contributed by atoms with Crippen LogP contribution in [-0.4, -0.2) is 22.0 Å². The summed E-state index contributed by atoms with van der Waals surface area (Å²) in [5.41, 5.74) is 5.73. The topological polar surface area (TPSA) is 78.1 Å². The highest BCUT2D eigenvalue weighted by atomic mass is 35.5. The molecule has 0 saturated heterocycles. The Bertz CT molecular complexity index is 458. The standard InChI is InChI=1S/C11H14ClN3O2/c1-5(2)17-11(16)8-7(12)9(13)15-10(14-8)6-3-4-6/h5-6H,3-4H2,1-2H3,(H2,13,14,15). The van der Waals surface area contributed by atoms with Crippen LogP contribution in [0.5, 0.6) is 0 Å². The molecule has 2 N–H and O–H groups in total. The number of carbonyl (C=O) groups excluding carboxylic acids is 1. The number of hydrogen-bond donors (Lipinski definition) is 1. The molecular formula is C11H14ClN3O2. The molecule has 0 radical (unpaired) electrons. The van der Waals surface area contributed by atoms with Crippen LogP contribution in [0.2, 0.25) is 5.02 Å². The second-order valence-electron chi connectivity index (χ2n) is 4.36. The van der Waals surface area contributed by atoms with Gasteiger partial charge in [-0.1, -0.05) is 11.6 Å². The van der Waals surface area contributed by atoms with Crippen LogP contribution in [0.4, 0.5) is 5.82 Å². The second kappa shape index (κ2) is 4.49. The molecule has 0 unspecified atom stereocenters. The van der Waals surface area contributed by atoms with Gasteiger partial charge in [0.1, 0.15) is 16.7 Å². The van der Waals surface area contributed by atoms with E-state index in [1.54, 1.807) is 13.8 Å². The van der Waals surface area contributed by atoms with Crippen molar-refractivity contribution in [1.82, 2.24) is 9.97 Å². The van der Waals surface area contributed by atoms with Crippen LogP contribution in [0, 0.1) is 0 Å². The van der Waals surface area contributed by atoms with Gasteiger partial charge in [0.25, 0.3) is 0 Å². The third kappa shape index (κ3) is 2.66. The highest BCUT2D eigenvalue weighted by Crippen LogP contribution is 2.39. The van der Waals surface area contributed by atoms with Crippen molar-refractivity contribution in [1.29, 1.82) is 0 Å². The number of ether oxygens (including phenoxy) is 1. The average molecular weight is 256 g/mol. The molecule has 1 heterocycles. The first-order chi connectivity index (χ1) is 7.99. The molecule has 0 aliphatic heterocycles. The maximum atomic E-state index is 11.8. The lowest BCUT2D eigenvalue weighted by Crippen LogP contribution is -2.16. The first-order valence-corrected chi connectivity index (χ1v) is 5.90. The molecule has 0 bridgehead atoms. The molecule has 0 spiro atoms. The Kier molecular flexibility index (Phi) is 3.19. The monoisotopic (exact) mass is 255 g/mol. The van der Waals surface area contributed by atoms with Crippen molar-refractivity contribution < 1.29 is 9.53 Å². The van der Waals surface area contributed by atoms with Crippen molar-refractivity contribution in [3.8, 4) is 0 Å². The second-order valence-corrected chi connectivity index (χ2v) is 4.74. The van der Waals surface area contributed by atoms with Crippen LogP contribution >= 0.6 is 11.6 Å². The van der Waals surface area contributed by atoms with Gasteiger partial charge in [0.05, 0.1) is 6.10 Å². The van der Waals surface area contributed by atoms with Crippen LogP contribution in [0.1, 0.15) is 48.9 Å². The molecule has 1 aliphatic rings. The summed E-state index contributed by atoms with van der Waals surface area (Å²) in [7, 11) is 0. The Labute approximate surface area is 104 Å². The number of rotatable bonds is 3. The third-order valence-electron chi connectivity index (χ3n) is 2.37. The molecule has 1 fully saturated rings. The van der Waals surface area contributed by atoms with E-state index in [-0.39, 0.29) is 22.6 Å². The van der Waals surface area contributed by atoms with E-state index in [1.807, 2.05) is 0 Å². The molecule has 17 heavy (non-hydrogen) atoms. The van der Waals surface area contributed by atoms with Gasteiger partial charge in [0.15, 0.2) is 5.69 Å². The Morgan fingerprint density at radius 1 is 1.47 bits per heavy atom. The van der Waals surface area contributed by atoms with Gasteiger partial charge in [-0.25, -0.2) is 14.8 Å². The highest BCUT2D eigenvalue weighted by Gasteiger charge is 2.29. The van der Waals surface area contributed by atoms with Crippen molar-refractivity contribution in [3.63, 3.8) is 0 Å². The number of anilines is 1. The normalized spacial score (nSPS) is 15.1. The maximum absolute atomic E-state index is 11.8. The van der Waals surface area contributed by atoms with Gasteiger partial charge in [-0.3, -0.25) is 0 Å². The fourth-order valence-corrected chi connectivity index (χ4v) is 1.57. The summed E-state index contributed by atoms with van der Waals surface area (Å²) in [6.45, 7) is 3.52. The summed E-state index contributed by atoms with van der Waals surface area (Å²) in [4.78, 5) is 20.0. The van der Waals surface area contributed by atoms with E-state index in [1.165, 1.54) is 0 Å². The molecule has 2 rings (SSSR count). The zero-order valence-corrected chi connectivity index (χ0v) is 10.5. The van der Waals surface area contributed by atoms with Gasteiger partial charge in [-0.15, -0.1) is 0 Å². The quantitative estimate of drug-likeness (QED) is 0.838. The lowest BCUT2D eigenvalue weighted by atomic mass is 10.3. The van der Waals surface area contributed by atoms with Crippen molar-refractivity contribution in [3.05, 3.63) is 16.5 Å². The SMILES string of the molecule is CC(C)OC(=O)c1nc(C2CC2)nc(N)c1Cl. The smallest absolute Gasteiger partial charge is 0.358 e. The Morgan fingerprint density at radius 3 is 2.65 bits per heavy atom. The zero-order valence-electron chi connectivity index (χ0n) is 9.74. The number of hydrogen-bond acceptors (Lipinski definition) is 5. The molecule has 0 aromatic carbocycles. The molecule has 0 atom stereocenters. The van der Waals surface area contributed by atoms with E-state index in [4.69, 9.17) is 22.1 Å². The number of nitrogens with two attached hydrogens (primary N) is 1. The van der Waals surface area contributed by atoms with Gasteiger partial charge < -0.3 is 10.5 Å². The molecule has 1 aromatic heterocycles. The number of halogens is 1. The predicted molar refractivity (Wildman–Crippen MR) is 64.0 cm³/mol. The average Bonchev–Trinajstić information content (AvgIpc) is 3.04. The fraction of sp³-hybridized carbons (Fsp3) is 0.545. The largest absolute Gasteiger partial charge is 0.458 e. The number of nitrogen functional groups attached to an aromatic ring is 1. The van der Waals surface area contributed by atoms with Crippen LogP contribution in [0.25, 0.3) is 0 Å². The Hall–Kier alpha value is -1.36.